The second-order valence-corrected chi connectivity index (χ2v) is 2.82. The van der Waals surface area contributed by atoms with Crippen molar-refractivity contribution in [3.63, 3.8) is 0 Å². The minimum atomic E-state index is 0. The van der Waals surface area contributed by atoms with Crippen molar-refractivity contribution >= 4 is 0 Å². The van der Waals surface area contributed by atoms with E-state index in [1.165, 1.54) is 12.8 Å². The molecule has 0 heterocycles. The molecular formula is C9H11Cl2Zr. The van der Waals surface area contributed by atoms with Gasteiger partial charge in [0, 0.05) is 0 Å². The van der Waals surface area contributed by atoms with Gasteiger partial charge in [0.05, 0.1) is 0 Å². The molecule has 0 aromatic heterocycles. The topological polar surface area (TPSA) is 0 Å². The van der Waals surface area contributed by atoms with Gasteiger partial charge in [-0.3, -0.25) is 0 Å². The van der Waals surface area contributed by atoms with Crippen LogP contribution in [0, 0.1) is 18.3 Å². The van der Waals surface area contributed by atoms with Crippen molar-refractivity contribution in [2.75, 3.05) is 0 Å². The average Bonchev–Trinajstić information content (AvgIpc) is 2.33. The van der Waals surface area contributed by atoms with E-state index in [1.54, 1.807) is 0 Å². The minimum absolute atomic E-state index is 0. The van der Waals surface area contributed by atoms with E-state index in [9.17, 15) is 0 Å². The predicted octanol–water partition coefficient (Wildman–Crippen LogP) is -3.65. The third-order valence-electron chi connectivity index (χ3n) is 2.24. The Bertz CT molecular complexity index is 148. The van der Waals surface area contributed by atoms with E-state index < -0.39 is 0 Å². The molecular weight excluding hydrogens is 270 g/mol. The maximum absolute atomic E-state index is 2.42. The first-order valence-electron chi connectivity index (χ1n) is 3.65. The molecule has 3 heteroatoms. The molecule has 0 spiro atoms. The molecule has 0 amide bonds. The van der Waals surface area contributed by atoms with Crippen LogP contribution in [-0.2, 0) is 26.2 Å². The number of allylic oxidation sites excluding steroid dienone is 4. The normalized spacial score (nSPS) is 29.3. The molecule has 0 aliphatic heterocycles. The zero-order valence-corrected chi connectivity index (χ0v) is 10.7. The Balaban J connectivity index is 0. The van der Waals surface area contributed by atoms with Crippen LogP contribution in [0.4, 0.5) is 0 Å². The van der Waals surface area contributed by atoms with Gasteiger partial charge in [-0.2, -0.15) is 6.42 Å². The van der Waals surface area contributed by atoms with Crippen molar-refractivity contribution in [2.45, 2.75) is 12.8 Å². The first-order valence-corrected chi connectivity index (χ1v) is 3.65. The molecule has 0 bridgehead atoms. The van der Waals surface area contributed by atoms with Gasteiger partial charge in [0.1, 0.15) is 0 Å². The Morgan fingerprint density at radius 3 is 2.42 bits per heavy atom. The third kappa shape index (κ3) is 3.36. The smallest absolute Gasteiger partial charge is 1.00 e. The van der Waals surface area contributed by atoms with Gasteiger partial charge in [-0.05, 0) is 5.92 Å². The van der Waals surface area contributed by atoms with Crippen LogP contribution in [0.1, 0.15) is 12.8 Å². The van der Waals surface area contributed by atoms with Crippen molar-refractivity contribution in [1.82, 2.24) is 0 Å². The summed E-state index contributed by atoms with van der Waals surface area (Å²) in [7, 11) is 0. The summed E-state index contributed by atoms with van der Waals surface area (Å²) in [5.74, 6) is 1.62. The van der Waals surface area contributed by atoms with Crippen LogP contribution < -0.4 is 24.8 Å². The summed E-state index contributed by atoms with van der Waals surface area (Å²) >= 11 is 0. The van der Waals surface area contributed by atoms with Crippen LogP contribution in [0.5, 0.6) is 0 Å². The van der Waals surface area contributed by atoms with Crippen LogP contribution in [0.25, 0.3) is 0 Å². The zero-order chi connectivity index (χ0) is 6.10. The monoisotopic (exact) mass is 279 g/mol. The Morgan fingerprint density at radius 1 is 1.08 bits per heavy atom. The van der Waals surface area contributed by atoms with E-state index >= 15 is 0 Å². The molecule has 2 rings (SSSR count). The fourth-order valence-corrected chi connectivity index (χ4v) is 1.69. The van der Waals surface area contributed by atoms with Gasteiger partial charge >= 0.3 is 26.2 Å². The molecule has 1 fully saturated rings. The van der Waals surface area contributed by atoms with Crippen LogP contribution in [0.3, 0.4) is 0 Å². The standard InChI is InChI=1S/C9H11.2ClH.Zr/c1-2-5-9-7-3-6-8(9)4-1;;;/h1-2,4-6,8-9H,3,7H2;2*1H;/q-1;;;+3/p-2. The summed E-state index contributed by atoms with van der Waals surface area (Å²) in [6.45, 7) is 0. The Hall–Kier alpha value is 0.943. The summed E-state index contributed by atoms with van der Waals surface area (Å²) in [6, 6.07) is 0. The van der Waals surface area contributed by atoms with Gasteiger partial charge < -0.3 is 31.2 Å². The summed E-state index contributed by atoms with van der Waals surface area (Å²) in [4.78, 5) is 0. The van der Waals surface area contributed by atoms with E-state index in [0.29, 0.717) is 0 Å². The molecule has 65 valence electrons. The Kier molecular flexibility index (Phi) is 9.45. The van der Waals surface area contributed by atoms with Crippen LogP contribution in [0.15, 0.2) is 24.3 Å². The van der Waals surface area contributed by atoms with E-state index in [-0.39, 0.29) is 51.0 Å². The molecule has 2 aliphatic carbocycles. The van der Waals surface area contributed by atoms with Crippen molar-refractivity contribution in [3.8, 4) is 0 Å². The number of hydrogen-bond acceptors (Lipinski definition) is 0. The molecule has 1 radical (unpaired) electrons. The average molecular weight is 281 g/mol. The van der Waals surface area contributed by atoms with E-state index in [2.05, 4.69) is 30.7 Å². The maximum Gasteiger partial charge on any atom is 3.00 e. The number of halogens is 2. The summed E-state index contributed by atoms with van der Waals surface area (Å²) in [6.07, 6.45) is 14.1. The van der Waals surface area contributed by atoms with E-state index in [4.69, 9.17) is 0 Å². The molecule has 2 atom stereocenters. The molecule has 2 unspecified atom stereocenters. The second kappa shape index (κ2) is 7.36. The fourth-order valence-electron chi connectivity index (χ4n) is 1.69. The number of rotatable bonds is 0. The summed E-state index contributed by atoms with van der Waals surface area (Å²) in [5.41, 5.74) is 0. The quantitative estimate of drug-likeness (QED) is 0.402. The maximum atomic E-state index is 2.42. The van der Waals surface area contributed by atoms with Crippen molar-refractivity contribution in [2.24, 2.45) is 11.8 Å². The Morgan fingerprint density at radius 2 is 1.75 bits per heavy atom. The third-order valence-corrected chi connectivity index (χ3v) is 2.24. The van der Waals surface area contributed by atoms with Crippen LogP contribution in [0.2, 0.25) is 0 Å². The van der Waals surface area contributed by atoms with E-state index in [0.717, 1.165) is 11.8 Å². The molecule has 0 nitrogen and oxygen atoms in total. The molecule has 0 aromatic carbocycles. The van der Waals surface area contributed by atoms with Crippen molar-refractivity contribution in [3.05, 3.63) is 30.7 Å². The van der Waals surface area contributed by atoms with Gasteiger partial charge in [0.25, 0.3) is 0 Å². The summed E-state index contributed by atoms with van der Waals surface area (Å²) < 4.78 is 0. The SMILES string of the molecule is C1=CC2[CH-]CCC2C=C1.[Cl-].[Cl-].[Zr+3]. The first kappa shape index (κ1) is 15.4. The van der Waals surface area contributed by atoms with Gasteiger partial charge in [0.15, 0.2) is 0 Å². The van der Waals surface area contributed by atoms with Crippen LogP contribution >= 0.6 is 0 Å². The zero-order valence-electron chi connectivity index (χ0n) is 6.71. The molecule has 0 aromatic rings. The van der Waals surface area contributed by atoms with Crippen molar-refractivity contribution < 1.29 is 51.0 Å². The van der Waals surface area contributed by atoms with Gasteiger partial charge in [-0.1, -0.05) is 24.6 Å². The van der Waals surface area contributed by atoms with E-state index in [1.807, 2.05) is 0 Å². The molecule has 1 saturated carbocycles. The Labute approximate surface area is 106 Å². The molecule has 12 heavy (non-hydrogen) atoms. The van der Waals surface area contributed by atoms with Crippen molar-refractivity contribution in [1.29, 1.82) is 0 Å². The summed E-state index contributed by atoms with van der Waals surface area (Å²) in [5, 5.41) is 0. The van der Waals surface area contributed by atoms with Gasteiger partial charge in [-0.25, -0.2) is 0 Å². The first-order chi connectivity index (χ1) is 4.47. The molecule has 0 saturated heterocycles. The second-order valence-electron chi connectivity index (χ2n) is 2.82. The largest absolute Gasteiger partial charge is 3.00 e. The molecule has 2 aliphatic rings. The van der Waals surface area contributed by atoms with Crippen LogP contribution in [-0.4, -0.2) is 0 Å². The van der Waals surface area contributed by atoms with Gasteiger partial charge in [0.2, 0.25) is 0 Å². The minimum Gasteiger partial charge on any atom is -1.00 e. The number of fused-ring (bicyclic) bond motifs is 1. The van der Waals surface area contributed by atoms with Gasteiger partial charge in [-0.15, -0.1) is 12.0 Å². The molecule has 0 N–H and O–H groups in total. The number of hydrogen-bond donors (Lipinski definition) is 0. The fraction of sp³-hybridized carbons (Fsp3) is 0.444. The predicted molar refractivity (Wildman–Crippen MR) is 38.8 cm³/mol.